The van der Waals surface area contributed by atoms with Gasteiger partial charge in [-0.25, -0.2) is 0 Å². The summed E-state index contributed by atoms with van der Waals surface area (Å²) in [4.78, 5) is 12.8. The first-order chi connectivity index (χ1) is 13.3. The number of allylic oxidation sites excluding steroid dienone is 1. The largest absolute Gasteiger partial charge is 0.496 e. The van der Waals surface area contributed by atoms with Crippen molar-refractivity contribution in [1.29, 1.82) is 0 Å². The molecule has 0 aliphatic rings. The van der Waals surface area contributed by atoms with Crippen LogP contribution in [0.5, 0.6) is 11.5 Å². The molecule has 0 saturated carbocycles. The van der Waals surface area contributed by atoms with Crippen molar-refractivity contribution in [3.05, 3.63) is 70.8 Å². The minimum atomic E-state index is -0.124. The molecule has 0 aliphatic heterocycles. The number of amides is 1. The van der Waals surface area contributed by atoms with Crippen LogP contribution in [0.4, 0.5) is 0 Å². The molecule has 150 valence electrons. The minimum Gasteiger partial charge on any atom is -0.496 e. The number of rotatable bonds is 8. The summed E-state index contributed by atoms with van der Waals surface area (Å²) in [7, 11) is 3.32. The predicted molar refractivity (Wildman–Crippen MR) is 115 cm³/mol. The van der Waals surface area contributed by atoms with Crippen molar-refractivity contribution in [2.75, 3.05) is 14.2 Å². The zero-order valence-corrected chi connectivity index (χ0v) is 17.8. The molecule has 1 unspecified atom stereocenters. The van der Waals surface area contributed by atoms with Gasteiger partial charge in [-0.2, -0.15) is 0 Å². The lowest BCUT2D eigenvalue weighted by Crippen LogP contribution is -2.27. The zero-order valence-electron chi connectivity index (χ0n) is 17.8. The van der Waals surface area contributed by atoms with Crippen LogP contribution in [0.1, 0.15) is 65.3 Å². The van der Waals surface area contributed by atoms with Gasteiger partial charge in [0.2, 0.25) is 0 Å². The highest BCUT2D eigenvalue weighted by molar-refractivity contribution is 5.94. The fraction of sp³-hybridized carbons (Fsp3) is 0.375. The zero-order chi connectivity index (χ0) is 20.8. The van der Waals surface area contributed by atoms with E-state index in [0.717, 1.165) is 33.8 Å². The predicted octanol–water partition coefficient (Wildman–Crippen LogP) is 5.36. The molecule has 0 spiro atoms. The van der Waals surface area contributed by atoms with E-state index >= 15 is 0 Å². The third kappa shape index (κ3) is 4.75. The molecule has 0 aliphatic carbocycles. The third-order valence-electron chi connectivity index (χ3n) is 4.96. The van der Waals surface area contributed by atoms with Gasteiger partial charge in [0.15, 0.2) is 0 Å². The molecule has 4 heteroatoms. The van der Waals surface area contributed by atoms with Crippen molar-refractivity contribution >= 4 is 5.91 Å². The Morgan fingerprint density at radius 3 is 2.32 bits per heavy atom. The van der Waals surface area contributed by atoms with Crippen LogP contribution in [-0.4, -0.2) is 20.1 Å². The number of hydrogen-bond acceptors (Lipinski definition) is 3. The number of hydrogen-bond donors (Lipinski definition) is 1. The van der Waals surface area contributed by atoms with E-state index < -0.39 is 0 Å². The first-order valence-electron chi connectivity index (χ1n) is 9.59. The topological polar surface area (TPSA) is 47.6 Å². The van der Waals surface area contributed by atoms with E-state index in [1.807, 2.05) is 32.0 Å². The third-order valence-corrected chi connectivity index (χ3v) is 4.96. The van der Waals surface area contributed by atoms with Gasteiger partial charge in [-0.05, 0) is 78.8 Å². The Balaban J connectivity index is 2.28. The van der Waals surface area contributed by atoms with Crippen molar-refractivity contribution in [2.45, 2.75) is 46.1 Å². The molecule has 0 aromatic heterocycles. The van der Waals surface area contributed by atoms with Gasteiger partial charge in [0, 0.05) is 5.56 Å². The Morgan fingerprint density at radius 1 is 1.07 bits per heavy atom. The van der Waals surface area contributed by atoms with Crippen molar-refractivity contribution < 1.29 is 14.3 Å². The molecular formula is C24H31NO3. The maximum Gasteiger partial charge on any atom is 0.251 e. The molecule has 2 aromatic carbocycles. The molecular weight excluding hydrogens is 350 g/mol. The Labute approximate surface area is 168 Å². The van der Waals surface area contributed by atoms with Crippen molar-refractivity contribution in [3.63, 3.8) is 0 Å². The van der Waals surface area contributed by atoms with Crippen molar-refractivity contribution in [3.8, 4) is 11.5 Å². The van der Waals surface area contributed by atoms with Crippen molar-refractivity contribution in [2.24, 2.45) is 0 Å². The van der Waals surface area contributed by atoms with Gasteiger partial charge in [-0.15, -0.1) is 6.58 Å². The molecule has 1 amide bonds. The second-order valence-corrected chi connectivity index (χ2v) is 7.32. The lowest BCUT2D eigenvalue weighted by molar-refractivity contribution is 0.0939. The Kier molecular flexibility index (Phi) is 7.27. The van der Waals surface area contributed by atoms with Crippen LogP contribution in [0.2, 0.25) is 0 Å². The highest BCUT2D eigenvalue weighted by atomic mass is 16.5. The lowest BCUT2D eigenvalue weighted by Gasteiger charge is -2.21. The molecule has 0 radical (unpaired) electrons. The molecule has 0 bridgehead atoms. The van der Waals surface area contributed by atoms with E-state index in [0.29, 0.717) is 17.9 Å². The van der Waals surface area contributed by atoms with Gasteiger partial charge in [0.25, 0.3) is 5.91 Å². The number of aryl methyl sites for hydroxylation is 1. The summed E-state index contributed by atoms with van der Waals surface area (Å²) in [6.45, 7) is 12.1. The standard InChI is InChI=1S/C24H31NO3/c1-8-9-18-13-19(10-11-22(18)27-6)24(26)25-17(5)21-14-20(15(2)3)23(28-7)12-16(21)4/h8,10-15,17H,1,9H2,2-7H3,(H,25,26). The number of ether oxygens (including phenoxy) is 2. The van der Waals surface area contributed by atoms with E-state index in [2.05, 4.69) is 31.8 Å². The van der Waals surface area contributed by atoms with E-state index in [1.54, 1.807) is 26.4 Å². The Bertz CT molecular complexity index is 855. The van der Waals surface area contributed by atoms with Crippen LogP contribution in [0.3, 0.4) is 0 Å². The minimum absolute atomic E-state index is 0.109. The number of benzene rings is 2. The van der Waals surface area contributed by atoms with Crippen molar-refractivity contribution in [1.82, 2.24) is 5.32 Å². The van der Waals surface area contributed by atoms with Gasteiger partial charge < -0.3 is 14.8 Å². The first-order valence-corrected chi connectivity index (χ1v) is 9.59. The highest BCUT2D eigenvalue weighted by Crippen LogP contribution is 2.32. The van der Waals surface area contributed by atoms with Crippen LogP contribution < -0.4 is 14.8 Å². The molecule has 4 nitrogen and oxygen atoms in total. The van der Waals surface area contributed by atoms with Crippen LogP contribution in [0, 0.1) is 6.92 Å². The average Bonchev–Trinajstić information content (AvgIpc) is 2.67. The quantitative estimate of drug-likeness (QED) is 0.627. The molecule has 2 aromatic rings. The smallest absolute Gasteiger partial charge is 0.251 e. The van der Waals surface area contributed by atoms with Gasteiger partial charge in [0.05, 0.1) is 20.3 Å². The van der Waals surface area contributed by atoms with E-state index in [9.17, 15) is 4.79 Å². The van der Waals surface area contributed by atoms with Gasteiger partial charge >= 0.3 is 0 Å². The summed E-state index contributed by atoms with van der Waals surface area (Å²) in [6, 6.07) is 9.54. The second-order valence-electron chi connectivity index (χ2n) is 7.32. The summed E-state index contributed by atoms with van der Waals surface area (Å²) in [5.41, 5.74) is 4.89. The Morgan fingerprint density at radius 2 is 1.75 bits per heavy atom. The summed E-state index contributed by atoms with van der Waals surface area (Å²) in [6.07, 6.45) is 2.45. The number of carbonyl (C=O) groups excluding carboxylic acids is 1. The fourth-order valence-electron chi connectivity index (χ4n) is 3.40. The molecule has 1 atom stereocenters. The SMILES string of the molecule is C=CCc1cc(C(=O)NC(C)c2cc(C(C)C)c(OC)cc2C)ccc1OC. The first kappa shape index (κ1) is 21.5. The average molecular weight is 382 g/mol. The summed E-state index contributed by atoms with van der Waals surface area (Å²) < 4.78 is 10.9. The van der Waals surface area contributed by atoms with Gasteiger partial charge in [-0.3, -0.25) is 4.79 Å². The number of carbonyl (C=O) groups is 1. The van der Waals surface area contributed by atoms with Crippen LogP contribution in [0.15, 0.2) is 43.0 Å². The van der Waals surface area contributed by atoms with Crippen LogP contribution in [-0.2, 0) is 6.42 Å². The second kappa shape index (κ2) is 9.45. The van der Waals surface area contributed by atoms with E-state index in [-0.39, 0.29) is 11.9 Å². The summed E-state index contributed by atoms with van der Waals surface area (Å²) in [5.74, 6) is 1.87. The molecule has 1 N–H and O–H groups in total. The van der Waals surface area contributed by atoms with E-state index in [1.165, 1.54) is 0 Å². The normalized spacial score (nSPS) is 11.8. The summed E-state index contributed by atoms with van der Waals surface area (Å²) >= 11 is 0. The summed E-state index contributed by atoms with van der Waals surface area (Å²) in [5, 5.41) is 3.12. The molecule has 28 heavy (non-hydrogen) atoms. The Hall–Kier alpha value is -2.75. The van der Waals surface area contributed by atoms with Crippen LogP contribution >= 0.6 is 0 Å². The van der Waals surface area contributed by atoms with E-state index in [4.69, 9.17) is 9.47 Å². The van der Waals surface area contributed by atoms with Gasteiger partial charge in [-0.1, -0.05) is 19.9 Å². The monoisotopic (exact) mass is 381 g/mol. The molecule has 2 rings (SSSR count). The lowest BCUT2D eigenvalue weighted by atomic mass is 9.93. The maximum absolute atomic E-state index is 12.8. The van der Waals surface area contributed by atoms with Gasteiger partial charge in [0.1, 0.15) is 11.5 Å². The number of nitrogens with one attached hydrogen (secondary N) is 1. The molecule has 0 heterocycles. The molecule has 0 saturated heterocycles. The van der Waals surface area contributed by atoms with Crippen LogP contribution in [0.25, 0.3) is 0 Å². The highest BCUT2D eigenvalue weighted by Gasteiger charge is 2.18. The molecule has 0 fully saturated rings. The number of methoxy groups -OCH3 is 2. The fourth-order valence-corrected chi connectivity index (χ4v) is 3.40. The maximum atomic E-state index is 12.8.